The molecule has 0 saturated carbocycles. The lowest BCUT2D eigenvalue weighted by Crippen LogP contribution is -2.10. The Morgan fingerprint density at radius 1 is 1.00 bits per heavy atom. The summed E-state index contributed by atoms with van der Waals surface area (Å²) in [5.74, 6) is 0. The van der Waals surface area contributed by atoms with Gasteiger partial charge in [0.2, 0.25) is 0 Å². The molecule has 0 aromatic carbocycles. The molecule has 0 aliphatic rings. The molecule has 0 unspecified atom stereocenters. The SMILES string of the molecule is CC.CC(C)(C)O.CN. The molecule has 0 spiro atoms. The molecule has 60 valence electrons. The smallest absolute Gasteiger partial charge is 0.0563 e. The van der Waals surface area contributed by atoms with E-state index in [0.717, 1.165) is 0 Å². The van der Waals surface area contributed by atoms with Crippen LogP contribution in [-0.2, 0) is 0 Å². The summed E-state index contributed by atoms with van der Waals surface area (Å²) in [5, 5.41) is 8.52. The average Bonchev–Trinajstić information content (AvgIpc) is 1.72. The Balaban J connectivity index is -0.0000000771. The van der Waals surface area contributed by atoms with E-state index in [9.17, 15) is 0 Å². The van der Waals surface area contributed by atoms with Gasteiger partial charge in [-0.3, -0.25) is 0 Å². The van der Waals surface area contributed by atoms with Crippen LogP contribution in [0.1, 0.15) is 34.6 Å². The van der Waals surface area contributed by atoms with Crippen LogP contribution in [0.2, 0.25) is 0 Å². The Morgan fingerprint density at radius 3 is 1.00 bits per heavy atom. The zero-order valence-corrected chi connectivity index (χ0v) is 7.52. The van der Waals surface area contributed by atoms with E-state index in [-0.39, 0.29) is 0 Å². The van der Waals surface area contributed by atoms with Gasteiger partial charge in [-0.1, -0.05) is 13.8 Å². The van der Waals surface area contributed by atoms with Crippen LogP contribution in [0.4, 0.5) is 0 Å². The zero-order valence-electron chi connectivity index (χ0n) is 7.52. The minimum absolute atomic E-state index is 0.500. The number of rotatable bonds is 0. The molecule has 0 saturated heterocycles. The molecule has 0 amide bonds. The zero-order chi connectivity index (χ0) is 8.50. The van der Waals surface area contributed by atoms with Crippen LogP contribution in [0.3, 0.4) is 0 Å². The maximum Gasteiger partial charge on any atom is 0.0563 e. The Hall–Kier alpha value is -0.0800. The summed E-state index contributed by atoms with van der Waals surface area (Å²) < 4.78 is 0. The molecule has 0 fully saturated rings. The summed E-state index contributed by atoms with van der Waals surface area (Å²) in [6.07, 6.45) is 0. The Labute approximate surface area is 59.1 Å². The predicted octanol–water partition coefficient (Wildman–Crippen LogP) is 1.38. The quantitative estimate of drug-likeness (QED) is 0.527. The van der Waals surface area contributed by atoms with Gasteiger partial charge >= 0.3 is 0 Å². The molecule has 2 heteroatoms. The van der Waals surface area contributed by atoms with Crippen LogP contribution in [0, 0.1) is 0 Å². The first kappa shape index (κ1) is 16.0. The van der Waals surface area contributed by atoms with E-state index in [1.54, 1.807) is 20.8 Å². The first-order chi connectivity index (χ1) is 4.00. The van der Waals surface area contributed by atoms with Crippen LogP contribution < -0.4 is 5.73 Å². The van der Waals surface area contributed by atoms with Crippen LogP contribution in [0.5, 0.6) is 0 Å². The maximum absolute atomic E-state index is 8.52. The third-order valence-electron chi connectivity index (χ3n) is 0. The van der Waals surface area contributed by atoms with Gasteiger partial charge in [-0.25, -0.2) is 0 Å². The van der Waals surface area contributed by atoms with Crippen molar-refractivity contribution in [3.8, 4) is 0 Å². The van der Waals surface area contributed by atoms with Gasteiger partial charge < -0.3 is 10.8 Å². The highest BCUT2D eigenvalue weighted by atomic mass is 16.3. The van der Waals surface area contributed by atoms with Crippen molar-refractivity contribution in [2.45, 2.75) is 40.2 Å². The van der Waals surface area contributed by atoms with Crippen LogP contribution >= 0.6 is 0 Å². The number of aliphatic hydroxyl groups is 1. The molecule has 0 atom stereocenters. The second-order valence-electron chi connectivity index (χ2n) is 2.17. The first-order valence-corrected chi connectivity index (χ1v) is 3.30. The number of hydrogen-bond acceptors (Lipinski definition) is 2. The van der Waals surface area contributed by atoms with Crippen molar-refractivity contribution in [3.05, 3.63) is 0 Å². The van der Waals surface area contributed by atoms with E-state index in [2.05, 4.69) is 5.73 Å². The van der Waals surface area contributed by atoms with E-state index < -0.39 is 5.60 Å². The Kier molecular flexibility index (Phi) is 19.2. The molecule has 2 nitrogen and oxygen atoms in total. The lowest BCUT2D eigenvalue weighted by Gasteiger charge is -2.04. The highest BCUT2D eigenvalue weighted by Gasteiger charge is 1.97. The minimum atomic E-state index is -0.500. The summed E-state index contributed by atoms with van der Waals surface area (Å²) in [7, 11) is 1.50. The fourth-order valence-electron chi connectivity index (χ4n) is 0. The monoisotopic (exact) mass is 135 g/mol. The molecule has 0 aliphatic carbocycles. The van der Waals surface area contributed by atoms with Gasteiger partial charge in [0, 0.05) is 0 Å². The maximum atomic E-state index is 8.52. The lowest BCUT2D eigenvalue weighted by atomic mass is 10.2. The van der Waals surface area contributed by atoms with Gasteiger partial charge in [-0.2, -0.15) is 0 Å². The van der Waals surface area contributed by atoms with Crippen molar-refractivity contribution in [1.82, 2.24) is 0 Å². The summed E-state index contributed by atoms with van der Waals surface area (Å²) >= 11 is 0. The molecule has 0 aromatic rings. The molecule has 0 rings (SSSR count). The second kappa shape index (κ2) is 10.8. The standard InChI is InChI=1S/C4H10O.C2H6.CH5N/c1-4(2,3)5;2*1-2/h5H,1-3H3;1-2H3;2H2,1H3. The third-order valence-corrected chi connectivity index (χ3v) is 0. The molecule has 0 bridgehead atoms. The minimum Gasteiger partial charge on any atom is -0.391 e. The van der Waals surface area contributed by atoms with Crippen molar-refractivity contribution in [2.75, 3.05) is 7.05 Å². The van der Waals surface area contributed by atoms with Crippen LogP contribution in [0.15, 0.2) is 0 Å². The molecule has 0 aromatic heterocycles. The normalized spacial score (nSPS) is 8.00. The molecule has 9 heavy (non-hydrogen) atoms. The highest BCUT2D eigenvalue weighted by Crippen LogP contribution is 1.93. The Bertz CT molecular complexity index is 24.4. The molecular weight excluding hydrogens is 114 g/mol. The molecule has 0 heterocycles. The van der Waals surface area contributed by atoms with Crippen LogP contribution in [-0.4, -0.2) is 17.8 Å². The second-order valence-corrected chi connectivity index (χ2v) is 2.17. The van der Waals surface area contributed by atoms with E-state index in [4.69, 9.17) is 5.11 Å². The van der Waals surface area contributed by atoms with E-state index in [0.29, 0.717) is 0 Å². The van der Waals surface area contributed by atoms with E-state index >= 15 is 0 Å². The average molecular weight is 135 g/mol. The number of hydrogen-bond donors (Lipinski definition) is 2. The molecular formula is C7H21NO. The van der Waals surface area contributed by atoms with Crippen LogP contribution in [0.25, 0.3) is 0 Å². The summed E-state index contributed by atoms with van der Waals surface area (Å²) in [6, 6.07) is 0. The van der Waals surface area contributed by atoms with Crippen molar-refractivity contribution in [1.29, 1.82) is 0 Å². The summed E-state index contributed by atoms with van der Waals surface area (Å²) in [4.78, 5) is 0. The fraction of sp³-hybridized carbons (Fsp3) is 1.00. The molecule has 3 N–H and O–H groups in total. The topological polar surface area (TPSA) is 46.2 Å². The highest BCUT2D eigenvalue weighted by molar-refractivity contribution is 4.50. The van der Waals surface area contributed by atoms with Gasteiger partial charge in [0.1, 0.15) is 0 Å². The number of nitrogens with two attached hydrogens (primary N) is 1. The first-order valence-electron chi connectivity index (χ1n) is 3.30. The summed E-state index contributed by atoms with van der Waals surface area (Å²) in [6.45, 7) is 9.23. The summed E-state index contributed by atoms with van der Waals surface area (Å²) in [5.41, 5.74) is 4.00. The lowest BCUT2D eigenvalue weighted by molar-refractivity contribution is 0.102. The van der Waals surface area contributed by atoms with E-state index in [1.807, 2.05) is 13.8 Å². The van der Waals surface area contributed by atoms with Gasteiger partial charge in [0.05, 0.1) is 5.60 Å². The van der Waals surface area contributed by atoms with Gasteiger partial charge in [0.25, 0.3) is 0 Å². The Morgan fingerprint density at radius 2 is 1.00 bits per heavy atom. The van der Waals surface area contributed by atoms with Gasteiger partial charge in [-0.05, 0) is 27.8 Å². The largest absolute Gasteiger partial charge is 0.391 e. The molecule has 0 radical (unpaired) electrons. The fourth-order valence-corrected chi connectivity index (χ4v) is 0. The molecule has 0 aliphatic heterocycles. The van der Waals surface area contributed by atoms with Crippen molar-refractivity contribution in [2.24, 2.45) is 5.73 Å². The van der Waals surface area contributed by atoms with Crippen molar-refractivity contribution < 1.29 is 5.11 Å². The van der Waals surface area contributed by atoms with Gasteiger partial charge in [-0.15, -0.1) is 0 Å². The van der Waals surface area contributed by atoms with Crippen molar-refractivity contribution in [3.63, 3.8) is 0 Å². The van der Waals surface area contributed by atoms with E-state index in [1.165, 1.54) is 7.05 Å². The van der Waals surface area contributed by atoms with Crippen molar-refractivity contribution >= 4 is 0 Å². The third kappa shape index (κ3) is 43400. The predicted molar refractivity (Wildman–Crippen MR) is 43.4 cm³/mol. The van der Waals surface area contributed by atoms with Gasteiger partial charge in [0.15, 0.2) is 0 Å².